The summed E-state index contributed by atoms with van der Waals surface area (Å²) in [5, 5.41) is 3.05. The molecule has 0 spiro atoms. The molecule has 1 saturated carbocycles. The largest absolute Gasteiger partial charge is 0.496 e. The molecule has 3 N–H and O–H groups in total. The third-order valence-electron chi connectivity index (χ3n) is 4.71. The van der Waals surface area contributed by atoms with Crippen LogP contribution in [0.25, 0.3) is 0 Å². The minimum Gasteiger partial charge on any atom is -0.496 e. The fourth-order valence-corrected chi connectivity index (χ4v) is 3.49. The maximum absolute atomic E-state index is 6.06. The standard InChI is InChI=1S/C19H24N4O/c1-24-16-9-3-2-8-15(16)19(11-5-6-12-19)14-22-18(20)23-17-10-4-7-13-21-17/h2-4,7-10,13H,5-6,11-12,14H2,1H3,(H3,20,21,22,23). The van der Waals surface area contributed by atoms with Crippen LogP contribution in [0.3, 0.4) is 0 Å². The van der Waals surface area contributed by atoms with Crippen molar-refractivity contribution >= 4 is 11.8 Å². The summed E-state index contributed by atoms with van der Waals surface area (Å²) >= 11 is 0. The van der Waals surface area contributed by atoms with Crippen LogP contribution < -0.4 is 15.8 Å². The van der Waals surface area contributed by atoms with Gasteiger partial charge in [0.05, 0.1) is 13.7 Å². The normalized spacial score (nSPS) is 16.8. The van der Waals surface area contributed by atoms with Gasteiger partial charge in [-0.15, -0.1) is 0 Å². The monoisotopic (exact) mass is 324 g/mol. The van der Waals surface area contributed by atoms with Crippen molar-refractivity contribution in [1.29, 1.82) is 0 Å². The van der Waals surface area contributed by atoms with Gasteiger partial charge in [0.1, 0.15) is 11.6 Å². The molecular weight excluding hydrogens is 300 g/mol. The Balaban J connectivity index is 1.80. The maximum Gasteiger partial charge on any atom is 0.194 e. The van der Waals surface area contributed by atoms with Gasteiger partial charge in [0.25, 0.3) is 0 Å². The predicted octanol–water partition coefficient (Wildman–Crippen LogP) is 3.33. The van der Waals surface area contributed by atoms with E-state index in [9.17, 15) is 0 Å². The van der Waals surface area contributed by atoms with Crippen LogP contribution in [-0.4, -0.2) is 24.6 Å². The van der Waals surface area contributed by atoms with E-state index in [-0.39, 0.29) is 5.41 Å². The van der Waals surface area contributed by atoms with Gasteiger partial charge in [-0.3, -0.25) is 4.99 Å². The van der Waals surface area contributed by atoms with Gasteiger partial charge in [0, 0.05) is 17.2 Å². The Labute approximate surface area is 143 Å². The number of ether oxygens (including phenoxy) is 1. The van der Waals surface area contributed by atoms with Crippen molar-refractivity contribution in [2.24, 2.45) is 10.7 Å². The van der Waals surface area contributed by atoms with Gasteiger partial charge in [-0.1, -0.05) is 37.1 Å². The average Bonchev–Trinajstić information content (AvgIpc) is 3.11. The summed E-state index contributed by atoms with van der Waals surface area (Å²) in [7, 11) is 1.72. The van der Waals surface area contributed by atoms with E-state index in [0.717, 1.165) is 18.6 Å². The Kier molecular flexibility index (Phi) is 4.99. The van der Waals surface area contributed by atoms with Crippen molar-refractivity contribution in [3.63, 3.8) is 0 Å². The molecule has 2 aromatic rings. The Bertz CT molecular complexity index is 694. The second kappa shape index (κ2) is 7.34. The number of nitrogens with zero attached hydrogens (tertiary/aromatic N) is 2. The van der Waals surface area contributed by atoms with Crippen LogP contribution in [0, 0.1) is 0 Å². The lowest BCUT2D eigenvalue weighted by molar-refractivity contribution is 0.378. The molecule has 1 aliphatic carbocycles. The number of rotatable bonds is 5. The number of para-hydroxylation sites is 1. The number of aromatic nitrogens is 1. The Morgan fingerprint density at radius 3 is 2.67 bits per heavy atom. The lowest BCUT2D eigenvalue weighted by Crippen LogP contribution is -2.30. The summed E-state index contributed by atoms with van der Waals surface area (Å²) in [4.78, 5) is 8.82. The molecule has 5 nitrogen and oxygen atoms in total. The number of anilines is 1. The van der Waals surface area contributed by atoms with Crippen LogP contribution >= 0.6 is 0 Å². The number of nitrogens with two attached hydrogens (primary N) is 1. The Morgan fingerprint density at radius 2 is 1.96 bits per heavy atom. The molecule has 1 aliphatic rings. The first-order valence-electron chi connectivity index (χ1n) is 8.35. The van der Waals surface area contributed by atoms with Gasteiger partial charge in [-0.2, -0.15) is 0 Å². The van der Waals surface area contributed by atoms with Gasteiger partial charge in [-0.05, 0) is 31.0 Å². The smallest absolute Gasteiger partial charge is 0.194 e. The zero-order chi connectivity index (χ0) is 16.8. The molecule has 1 heterocycles. The molecule has 5 heteroatoms. The molecular formula is C19H24N4O. The quantitative estimate of drug-likeness (QED) is 0.653. The molecule has 1 fully saturated rings. The number of methoxy groups -OCH3 is 1. The van der Waals surface area contributed by atoms with Gasteiger partial charge < -0.3 is 15.8 Å². The highest BCUT2D eigenvalue weighted by Gasteiger charge is 2.37. The Morgan fingerprint density at radius 1 is 1.21 bits per heavy atom. The van der Waals surface area contributed by atoms with E-state index >= 15 is 0 Å². The van der Waals surface area contributed by atoms with Crippen LogP contribution in [0.15, 0.2) is 53.7 Å². The predicted molar refractivity (Wildman–Crippen MR) is 97.5 cm³/mol. The van der Waals surface area contributed by atoms with Crippen molar-refractivity contribution in [2.45, 2.75) is 31.1 Å². The number of hydrogen-bond acceptors (Lipinski definition) is 3. The molecule has 0 radical (unpaired) electrons. The lowest BCUT2D eigenvalue weighted by Gasteiger charge is -2.29. The zero-order valence-electron chi connectivity index (χ0n) is 14.0. The average molecular weight is 324 g/mol. The third kappa shape index (κ3) is 3.50. The van der Waals surface area contributed by atoms with Crippen LogP contribution in [0.5, 0.6) is 5.75 Å². The SMILES string of the molecule is COc1ccccc1C1(CN=C(N)Nc2ccccn2)CCCC1. The highest BCUT2D eigenvalue weighted by Crippen LogP contribution is 2.44. The summed E-state index contributed by atoms with van der Waals surface area (Å²) in [6, 6.07) is 13.9. The lowest BCUT2D eigenvalue weighted by atomic mass is 9.78. The summed E-state index contributed by atoms with van der Waals surface area (Å²) in [6.07, 6.45) is 6.35. The molecule has 0 bridgehead atoms. The molecule has 0 saturated heterocycles. The fourth-order valence-electron chi connectivity index (χ4n) is 3.49. The second-order valence-electron chi connectivity index (χ2n) is 6.23. The van der Waals surface area contributed by atoms with Crippen LogP contribution in [-0.2, 0) is 5.41 Å². The van der Waals surface area contributed by atoms with E-state index in [4.69, 9.17) is 10.5 Å². The molecule has 126 valence electrons. The molecule has 1 aromatic heterocycles. The minimum absolute atomic E-state index is 0.00300. The van der Waals surface area contributed by atoms with E-state index in [1.54, 1.807) is 13.3 Å². The summed E-state index contributed by atoms with van der Waals surface area (Å²) in [5.74, 6) is 2.04. The molecule has 24 heavy (non-hydrogen) atoms. The third-order valence-corrected chi connectivity index (χ3v) is 4.71. The molecule has 0 amide bonds. The van der Waals surface area contributed by atoms with Crippen molar-refractivity contribution in [1.82, 2.24) is 4.98 Å². The van der Waals surface area contributed by atoms with Gasteiger partial charge in [0.15, 0.2) is 5.96 Å². The number of benzene rings is 1. The molecule has 0 unspecified atom stereocenters. The van der Waals surface area contributed by atoms with Crippen molar-refractivity contribution in [3.05, 3.63) is 54.2 Å². The number of hydrogen-bond donors (Lipinski definition) is 2. The van der Waals surface area contributed by atoms with Crippen molar-refractivity contribution < 1.29 is 4.74 Å². The molecule has 0 atom stereocenters. The van der Waals surface area contributed by atoms with Gasteiger partial charge in [-0.25, -0.2) is 4.98 Å². The summed E-state index contributed by atoms with van der Waals surface area (Å²) < 4.78 is 5.58. The first-order valence-corrected chi connectivity index (χ1v) is 8.35. The number of aliphatic imine (C=N–C) groups is 1. The van der Waals surface area contributed by atoms with E-state index in [1.165, 1.54) is 18.4 Å². The maximum atomic E-state index is 6.06. The number of nitrogens with one attached hydrogen (secondary N) is 1. The number of guanidine groups is 1. The molecule has 1 aromatic carbocycles. The van der Waals surface area contributed by atoms with E-state index in [2.05, 4.69) is 27.4 Å². The van der Waals surface area contributed by atoms with Crippen LogP contribution in [0.1, 0.15) is 31.2 Å². The highest BCUT2D eigenvalue weighted by atomic mass is 16.5. The zero-order valence-corrected chi connectivity index (χ0v) is 14.0. The van der Waals surface area contributed by atoms with Crippen molar-refractivity contribution in [2.75, 3.05) is 19.0 Å². The van der Waals surface area contributed by atoms with Crippen molar-refractivity contribution in [3.8, 4) is 5.75 Å². The first-order chi connectivity index (χ1) is 11.7. The number of pyridine rings is 1. The van der Waals surface area contributed by atoms with E-state index in [1.807, 2.05) is 30.3 Å². The fraction of sp³-hybridized carbons (Fsp3) is 0.368. The highest BCUT2D eigenvalue weighted by molar-refractivity contribution is 5.91. The second-order valence-corrected chi connectivity index (χ2v) is 6.23. The van der Waals surface area contributed by atoms with Crippen LogP contribution in [0.4, 0.5) is 5.82 Å². The molecule has 3 rings (SSSR count). The van der Waals surface area contributed by atoms with Gasteiger partial charge >= 0.3 is 0 Å². The first kappa shape index (κ1) is 16.3. The van der Waals surface area contributed by atoms with E-state index in [0.29, 0.717) is 18.3 Å². The van der Waals surface area contributed by atoms with Crippen LogP contribution in [0.2, 0.25) is 0 Å². The van der Waals surface area contributed by atoms with E-state index < -0.39 is 0 Å². The summed E-state index contributed by atoms with van der Waals surface area (Å²) in [6.45, 7) is 0.652. The topological polar surface area (TPSA) is 72.5 Å². The minimum atomic E-state index is 0.00300. The van der Waals surface area contributed by atoms with Gasteiger partial charge in [0.2, 0.25) is 0 Å². The Hall–Kier alpha value is -2.56. The molecule has 0 aliphatic heterocycles. The summed E-state index contributed by atoms with van der Waals surface area (Å²) in [5.41, 5.74) is 7.30.